The highest BCUT2D eigenvalue weighted by molar-refractivity contribution is 7.94. The summed E-state index contributed by atoms with van der Waals surface area (Å²) in [4.78, 5) is 25.8. The van der Waals surface area contributed by atoms with Crippen molar-refractivity contribution in [2.24, 2.45) is 0 Å². The highest BCUT2D eigenvalue weighted by Gasteiger charge is 2.17. The molecule has 0 saturated carbocycles. The van der Waals surface area contributed by atoms with Gasteiger partial charge in [0.15, 0.2) is 5.69 Å². The van der Waals surface area contributed by atoms with Crippen molar-refractivity contribution in [3.63, 3.8) is 0 Å². The first-order valence-electron chi connectivity index (χ1n) is 5.74. The monoisotopic (exact) mass is 321 g/mol. The van der Waals surface area contributed by atoms with Gasteiger partial charge in [0.25, 0.3) is 5.88 Å². The van der Waals surface area contributed by atoms with Gasteiger partial charge in [0.1, 0.15) is 0 Å². The van der Waals surface area contributed by atoms with Crippen LogP contribution in [0.4, 0.5) is 0 Å². The lowest BCUT2D eigenvalue weighted by Crippen LogP contribution is -2.08. The summed E-state index contributed by atoms with van der Waals surface area (Å²) in [7, 11) is 1.26. The van der Waals surface area contributed by atoms with Gasteiger partial charge in [-0.3, -0.25) is 0 Å². The molecule has 1 rings (SSSR count). The van der Waals surface area contributed by atoms with E-state index in [2.05, 4.69) is 9.72 Å². The SMILES string of the molecule is CCOOSc1ccc(OOSCC)nc1C(=O)OC. The Balaban J connectivity index is 2.80. The number of nitrogens with zero attached hydrogens (tertiary/aromatic N) is 1. The molecule has 1 heterocycles. The molecule has 0 aromatic carbocycles. The van der Waals surface area contributed by atoms with E-state index in [1.807, 2.05) is 6.92 Å². The molecule has 1 aromatic heterocycles. The summed E-state index contributed by atoms with van der Waals surface area (Å²) >= 11 is 1.98. The van der Waals surface area contributed by atoms with Crippen LogP contribution < -0.4 is 4.89 Å². The van der Waals surface area contributed by atoms with E-state index in [0.29, 0.717) is 11.5 Å². The van der Waals surface area contributed by atoms with Crippen molar-refractivity contribution in [1.29, 1.82) is 0 Å². The molecule has 0 radical (unpaired) electrons. The molecule has 0 aliphatic carbocycles. The zero-order valence-corrected chi connectivity index (χ0v) is 12.9. The first kappa shape index (κ1) is 17.1. The van der Waals surface area contributed by atoms with Crippen molar-refractivity contribution in [3.05, 3.63) is 17.8 Å². The predicted molar refractivity (Wildman–Crippen MR) is 74.0 cm³/mol. The zero-order chi connectivity index (χ0) is 14.8. The van der Waals surface area contributed by atoms with Crippen LogP contribution in [0.1, 0.15) is 24.3 Å². The molecule has 7 nitrogen and oxygen atoms in total. The molecule has 0 atom stereocenters. The molecule has 0 spiro atoms. The predicted octanol–water partition coefficient (Wildman–Crippen LogP) is 2.82. The molecule has 0 amide bonds. The number of hydrogen-bond acceptors (Lipinski definition) is 9. The van der Waals surface area contributed by atoms with Gasteiger partial charge < -0.3 is 9.62 Å². The molecule has 0 N–H and O–H groups in total. The van der Waals surface area contributed by atoms with Crippen LogP contribution in [-0.2, 0) is 18.3 Å². The van der Waals surface area contributed by atoms with Crippen LogP contribution in [-0.4, -0.2) is 30.4 Å². The Hall–Kier alpha value is -1.00. The molecule has 1 aromatic rings. The lowest BCUT2D eigenvalue weighted by molar-refractivity contribution is -0.185. The van der Waals surface area contributed by atoms with Gasteiger partial charge in [-0.15, -0.1) is 4.33 Å². The summed E-state index contributed by atoms with van der Waals surface area (Å²) in [5.74, 6) is 0.258. The van der Waals surface area contributed by atoms with E-state index in [4.69, 9.17) is 18.4 Å². The summed E-state index contributed by atoms with van der Waals surface area (Å²) < 4.78 is 14.3. The average Bonchev–Trinajstić information content (AvgIpc) is 2.48. The number of hydrogen-bond donors (Lipinski definition) is 0. The number of pyridine rings is 1. The van der Waals surface area contributed by atoms with E-state index in [1.54, 1.807) is 19.1 Å². The van der Waals surface area contributed by atoms with E-state index in [9.17, 15) is 4.79 Å². The number of methoxy groups -OCH3 is 1. The second-order valence-electron chi connectivity index (χ2n) is 3.10. The van der Waals surface area contributed by atoms with Crippen LogP contribution in [0.25, 0.3) is 0 Å². The van der Waals surface area contributed by atoms with Crippen LogP contribution in [0, 0.1) is 0 Å². The maximum absolute atomic E-state index is 11.7. The molecule has 0 aliphatic heterocycles. The van der Waals surface area contributed by atoms with Crippen LogP contribution >= 0.6 is 24.1 Å². The molecule has 0 fully saturated rings. The maximum atomic E-state index is 11.7. The fraction of sp³-hybridized carbons (Fsp3) is 0.455. The zero-order valence-electron chi connectivity index (χ0n) is 11.3. The van der Waals surface area contributed by atoms with E-state index in [1.165, 1.54) is 7.11 Å². The first-order valence-corrected chi connectivity index (χ1v) is 7.39. The number of carbonyl (C=O) groups is 1. The van der Waals surface area contributed by atoms with E-state index in [0.717, 1.165) is 29.8 Å². The Morgan fingerprint density at radius 3 is 2.75 bits per heavy atom. The number of esters is 1. The Morgan fingerprint density at radius 2 is 2.10 bits per heavy atom. The van der Waals surface area contributed by atoms with Crippen molar-refractivity contribution < 1.29 is 28.0 Å². The molecule has 0 bridgehead atoms. The van der Waals surface area contributed by atoms with Crippen LogP contribution in [0.15, 0.2) is 17.0 Å². The lowest BCUT2D eigenvalue weighted by Gasteiger charge is -2.07. The minimum absolute atomic E-state index is 0.0554. The normalized spacial score (nSPS) is 10.3. The van der Waals surface area contributed by atoms with Gasteiger partial charge in [-0.05, 0) is 13.0 Å². The fourth-order valence-corrected chi connectivity index (χ4v) is 1.76. The number of aromatic nitrogens is 1. The summed E-state index contributed by atoms with van der Waals surface area (Å²) in [5.41, 5.74) is 0.0554. The van der Waals surface area contributed by atoms with Crippen LogP contribution in [0.5, 0.6) is 5.88 Å². The third-order valence-corrected chi connectivity index (χ3v) is 2.86. The fourth-order valence-electron chi connectivity index (χ4n) is 1.00. The third kappa shape index (κ3) is 5.55. The standard InChI is InChI=1S/C11H15NO6S2/c1-4-15-17-20-8-6-7-9(16-18-19-5-2)12-10(8)11(13)14-3/h6-7H,4-5H2,1-3H3. The number of rotatable bonds is 9. The largest absolute Gasteiger partial charge is 0.464 e. The second-order valence-corrected chi connectivity index (χ2v) is 4.80. The minimum Gasteiger partial charge on any atom is -0.464 e. The topological polar surface area (TPSA) is 76.1 Å². The number of ether oxygens (including phenoxy) is 1. The van der Waals surface area contributed by atoms with Gasteiger partial charge >= 0.3 is 5.97 Å². The van der Waals surface area contributed by atoms with Gasteiger partial charge in [0, 0.05) is 23.9 Å². The highest BCUT2D eigenvalue weighted by atomic mass is 32.2. The Bertz CT molecular complexity index is 431. The van der Waals surface area contributed by atoms with E-state index in [-0.39, 0.29) is 11.6 Å². The summed E-state index contributed by atoms with van der Waals surface area (Å²) in [5, 5.41) is 0. The van der Waals surface area contributed by atoms with Gasteiger partial charge in [-0.1, -0.05) is 6.92 Å². The van der Waals surface area contributed by atoms with Gasteiger partial charge in [0.2, 0.25) is 0 Å². The molecule has 9 heteroatoms. The Morgan fingerprint density at radius 1 is 1.30 bits per heavy atom. The summed E-state index contributed by atoms with van der Waals surface area (Å²) in [6.45, 7) is 4.07. The Labute approximate surface area is 125 Å². The van der Waals surface area contributed by atoms with Crippen molar-refractivity contribution in [2.45, 2.75) is 18.7 Å². The van der Waals surface area contributed by atoms with E-state index >= 15 is 0 Å². The average molecular weight is 321 g/mol. The van der Waals surface area contributed by atoms with Crippen LogP contribution in [0.3, 0.4) is 0 Å². The Kier molecular flexibility index (Phi) is 8.38. The lowest BCUT2D eigenvalue weighted by atomic mass is 10.3. The molecular formula is C11H15NO6S2. The first-order chi connectivity index (χ1) is 9.72. The smallest absolute Gasteiger partial charge is 0.358 e. The van der Waals surface area contributed by atoms with Crippen molar-refractivity contribution >= 4 is 30.1 Å². The molecule has 112 valence electrons. The summed E-state index contributed by atoms with van der Waals surface area (Å²) in [6, 6.07) is 3.14. The van der Waals surface area contributed by atoms with Crippen molar-refractivity contribution in [1.82, 2.24) is 4.98 Å². The van der Waals surface area contributed by atoms with Crippen molar-refractivity contribution in [3.8, 4) is 5.88 Å². The molecular weight excluding hydrogens is 306 g/mol. The van der Waals surface area contributed by atoms with Crippen molar-refractivity contribution in [2.75, 3.05) is 19.5 Å². The van der Waals surface area contributed by atoms with Gasteiger partial charge in [-0.25, -0.2) is 14.7 Å². The quantitative estimate of drug-likeness (QED) is 0.224. The van der Waals surface area contributed by atoms with Gasteiger partial charge in [0.05, 0.1) is 30.7 Å². The summed E-state index contributed by atoms with van der Waals surface area (Å²) in [6.07, 6.45) is 0. The molecule has 0 unspecified atom stereocenters. The second kappa shape index (κ2) is 9.83. The molecule has 0 saturated heterocycles. The van der Waals surface area contributed by atoms with Crippen LogP contribution in [0.2, 0.25) is 0 Å². The van der Waals surface area contributed by atoms with E-state index < -0.39 is 5.97 Å². The third-order valence-electron chi connectivity index (χ3n) is 1.79. The molecule has 20 heavy (non-hydrogen) atoms. The maximum Gasteiger partial charge on any atom is 0.358 e. The minimum atomic E-state index is -0.610. The van der Waals surface area contributed by atoms with Gasteiger partial charge in [-0.2, -0.15) is 4.33 Å². The highest BCUT2D eigenvalue weighted by Crippen LogP contribution is 2.26. The number of carbonyl (C=O) groups excluding carboxylic acids is 1. The molecule has 0 aliphatic rings.